The molecule has 0 fully saturated rings. The first-order chi connectivity index (χ1) is 12.0. The number of hydrogen-bond donors (Lipinski definition) is 2. The van der Waals surface area contributed by atoms with Crippen LogP contribution in [-0.4, -0.2) is 28.0 Å². The third-order valence-electron chi connectivity index (χ3n) is 3.99. The molecule has 132 valence electrons. The number of carbonyl (C=O) groups is 2. The number of carboxylic acid groups (broad SMARTS) is 1. The van der Waals surface area contributed by atoms with Crippen molar-refractivity contribution in [1.29, 1.82) is 0 Å². The standard InChI is InChI=1S/C19H22N2O4/c1-3-13(2)17(19(23)24)21-18(22)15-7-4-8-16(10-15)25-12-14-6-5-9-20-11-14/h4-11,13,17H,3,12H2,1-2H3,(H,21,22)(H,23,24). The van der Waals surface area contributed by atoms with Crippen LogP contribution in [0.15, 0.2) is 48.8 Å². The van der Waals surface area contributed by atoms with Crippen molar-refractivity contribution in [2.45, 2.75) is 32.9 Å². The highest BCUT2D eigenvalue weighted by atomic mass is 16.5. The Hall–Kier alpha value is -2.89. The molecule has 0 bridgehead atoms. The van der Waals surface area contributed by atoms with Gasteiger partial charge in [-0.15, -0.1) is 0 Å². The summed E-state index contributed by atoms with van der Waals surface area (Å²) in [6.07, 6.45) is 4.05. The third-order valence-corrected chi connectivity index (χ3v) is 3.99. The van der Waals surface area contributed by atoms with E-state index >= 15 is 0 Å². The average Bonchev–Trinajstić information content (AvgIpc) is 2.64. The molecule has 0 aliphatic rings. The number of carbonyl (C=O) groups excluding carboxylic acids is 1. The molecule has 2 N–H and O–H groups in total. The second-order valence-electron chi connectivity index (χ2n) is 5.85. The maximum Gasteiger partial charge on any atom is 0.326 e. The lowest BCUT2D eigenvalue weighted by Gasteiger charge is -2.20. The Kier molecular flexibility index (Phi) is 6.51. The Labute approximate surface area is 146 Å². The molecule has 0 saturated carbocycles. The number of rotatable bonds is 8. The number of benzene rings is 1. The van der Waals surface area contributed by atoms with Crippen molar-refractivity contribution in [3.05, 3.63) is 59.9 Å². The first kappa shape index (κ1) is 18.4. The smallest absolute Gasteiger partial charge is 0.326 e. The monoisotopic (exact) mass is 342 g/mol. The van der Waals surface area contributed by atoms with Crippen molar-refractivity contribution in [2.24, 2.45) is 5.92 Å². The Balaban J connectivity index is 2.04. The zero-order valence-corrected chi connectivity index (χ0v) is 14.3. The zero-order chi connectivity index (χ0) is 18.2. The van der Waals surface area contributed by atoms with Gasteiger partial charge in [0.2, 0.25) is 0 Å². The summed E-state index contributed by atoms with van der Waals surface area (Å²) in [7, 11) is 0. The van der Waals surface area contributed by atoms with E-state index in [9.17, 15) is 14.7 Å². The van der Waals surface area contributed by atoms with E-state index in [4.69, 9.17) is 4.74 Å². The Morgan fingerprint density at radius 1 is 1.28 bits per heavy atom. The normalized spacial score (nSPS) is 12.9. The van der Waals surface area contributed by atoms with Crippen molar-refractivity contribution in [2.75, 3.05) is 0 Å². The predicted molar refractivity (Wildman–Crippen MR) is 93.4 cm³/mol. The number of aliphatic carboxylic acids is 1. The summed E-state index contributed by atoms with van der Waals surface area (Å²) in [5.74, 6) is -1.09. The van der Waals surface area contributed by atoms with Crippen molar-refractivity contribution in [3.8, 4) is 5.75 Å². The highest BCUT2D eigenvalue weighted by Gasteiger charge is 2.25. The van der Waals surface area contributed by atoms with E-state index in [1.54, 1.807) is 43.6 Å². The van der Waals surface area contributed by atoms with E-state index in [2.05, 4.69) is 10.3 Å². The molecule has 25 heavy (non-hydrogen) atoms. The minimum absolute atomic E-state index is 0.161. The summed E-state index contributed by atoms with van der Waals surface area (Å²) in [6.45, 7) is 4.02. The fourth-order valence-corrected chi connectivity index (χ4v) is 2.28. The summed E-state index contributed by atoms with van der Waals surface area (Å²) in [5.41, 5.74) is 1.28. The SMILES string of the molecule is CCC(C)C(NC(=O)c1cccc(OCc2cccnc2)c1)C(=O)O. The maximum absolute atomic E-state index is 12.4. The van der Waals surface area contributed by atoms with Gasteiger partial charge in [0, 0.05) is 23.5 Å². The Bertz CT molecular complexity index is 718. The minimum atomic E-state index is -1.04. The zero-order valence-electron chi connectivity index (χ0n) is 14.3. The van der Waals surface area contributed by atoms with Gasteiger partial charge in [-0.2, -0.15) is 0 Å². The molecule has 2 atom stereocenters. The van der Waals surface area contributed by atoms with E-state index in [-0.39, 0.29) is 5.92 Å². The molecular weight excluding hydrogens is 320 g/mol. The van der Waals surface area contributed by atoms with Crippen LogP contribution in [0.4, 0.5) is 0 Å². The first-order valence-corrected chi connectivity index (χ1v) is 8.16. The molecule has 1 amide bonds. The van der Waals surface area contributed by atoms with Crippen LogP contribution in [0, 0.1) is 5.92 Å². The lowest BCUT2D eigenvalue weighted by atomic mass is 9.99. The molecule has 0 radical (unpaired) electrons. The molecule has 2 unspecified atom stereocenters. The van der Waals surface area contributed by atoms with Gasteiger partial charge < -0.3 is 15.2 Å². The van der Waals surface area contributed by atoms with E-state index in [1.165, 1.54) is 0 Å². The van der Waals surface area contributed by atoms with Gasteiger partial charge in [-0.05, 0) is 30.2 Å². The van der Waals surface area contributed by atoms with Crippen LogP contribution in [0.2, 0.25) is 0 Å². The number of amides is 1. The quantitative estimate of drug-likeness (QED) is 0.770. The Morgan fingerprint density at radius 2 is 2.08 bits per heavy atom. The van der Waals surface area contributed by atoms with Crippen molar-refractivity contribution in [1.82, 2.24) is 10.3 Å². The molecule has 6 nitrogen and oxygen atoms in total. The lowest BCUT2D eigenvalue weighted by Crippen LogP contribution is -2.45. The number of ether oxygens (including phenoxy) is 1. The van der Waals surface area contributed by atoms with E-state index in [1.807, 2.05) is 19.1 Å². The second kappa shape index (κ2) is 8.82. The molecule has 6 heteroatoms. The molecule has 0 aliphatic heterocycles. The molecule has 2 aromatic rings. The van der Waals surface area contributed by atoms with Gasteiger partial charge >= 0.3 is 5.97 Å². The van der Waals surface area contributed by atoms with Crippen molar-refractivity contribution >= 4 is 11.9 Å². The third kappa shape index (κ3) is 5.31. The molecule has 0 saturated heterocycles. The van der Waals surface area contributed by atoms with E-state index in [0.29, 0.717) is 24.3 Å². The Morgan fingerprint density at radius 3 is 2.72 bits per heavy atom. The molecular formula is C19H22N2O4. The summed E-state index contributed by atoms with van der Waals surface area (Å²) in [4.78, 5) is 27.7. The number of hydrogen-bond acceptors (Lipinski definition) is 4. The second-order valence-corrected chi connectivity index (χ2v) is 5.85. The van der Waals surface area contributed by atoms with Gasteiger partial charge in [0.1, 0.15) is 18.4 Å². The molecule has 0 aliphatic carbocycles. The van der Waals surface area contributed by atoms with Crippen molar-refractivity contribution in [3.63, 3.8) is 0 Å². The highest BCUT2D eigenvalue weighted by molar-refractivity contribution is 5.96. The minimum Gasteiger partial charge on any atom is -0.489 e. The van der Waals surface area contributed by atoms with Crippen LogP contribution in [0.5, 0.6) is 5.75 Å². The maximum atomic E-state index is 12.4. The fraction of sp³-hybridized carbons (Fsp3) is 0.316. The number of carboxylic acids is 1. The van der Waals surface area contributed by atoms with Gasteiger partial charge in [-0.25, -0.2) is 4.79 Å². The van der Waals surface area contributed by atoms with Crippen molar-refractivity contribution < 1.29 is 19.4 Å². The van der Waals surface area contributed by atoms with Crippen LogP contribution in [0.1, 0.15) is 36.2 Å². The summed E-state index contributed by atoms with van der Waals surface area (Å²) < 4.78 is 5.67. The van der Waals surface area contributed by atoms with Crippen LogP contribution < -0.4 is 10.1 Å². The van der Waals surface area contributed by atoms with E-state index < -0.39 is 17.9 Å². The van der Waals surface area contributed by atoms with Gasteiger partial charge in [0.05, 0.1) is 0 Å². The van der Waals surface area contributed by atoms with Gasteiger partial charge in [-0.3, -0.25) is 9.78 Å². The fourth-order valence-electron chi connectivity index (χ4n) is 2.28. The number of nitrogens with zero attached hydrogens (tertiary/aromatic N) is 1. The van der Waals surface area contributed by atoms with Gasteiger partial charge in [-0.1, -0.05) is 32.4 Å². The average molecular weight is 342 g/mol. The number of pyridine rings is 1. The molecule has 1 aromatic heterocycles. The van der Waals surface area contributed by atoms with Crippen LogP contribution in [0.3, 0.4) is 0 Å². The molecule has 1 aromatic carbocycles. The number of nitrogens with one attached hydrogen (secondary N) is 1. The first-order valence-electron chi connectivity index (χ1n) is 8.16. The topological polar surface area (TPSA) is 88.5 Å². The van der Waals surface area contributed by atoms with E-state index in [0.717, 1.165) is 5.56 Å². The van der Waals surface area contributed by atoms with Crippen LogP contribution in [-0.2, 0) is 11.4 Å². The summed E-state index contributed by atoms with van der Waals surface area (Å²) >= 11 is 0. The van der Waals surface area contributed by atoms with Crippen LogP contribution >= 0.6 is 0 Å². The molecule has 0 spiro atoms. The molecule has 2 rings (SSSR count). The lowest BCUT2D eigenvalue weighted by molar-refractivity contribution is -0.140. The molecule has 1 heterocycles. The summed E-state index contributed by atoms with van der Waals surface area (Å²) in [6, 6.07) is 9.47. The number of aromatic nitrogens is 1. The van der Waals surface area contributed by atoms with Gasteiger partial charge in [0.15, 0.2) is 0 Å². The highest BCUT2D eigenvalue weighted by Crippen LogP contribution is 2.16. The largest absolute Gasteiger partial charge is 0.489 e. The summed E-state index contributed by atoms with van der Waals surface area (Å²) in [5, 5.41) is 11.9. The van der Waals surface area contributed by atoms with Gasteiger partial charge in [0.25, 0.3) is 5.91 Å². The predicted octanol–water partition coefficient (Wildman–Crippen LogP) is 2.89. The van der Waals surface area contributed by atoms with Crippen LogP contribution in [0.25, 0.3) is 0 Å².